The van der Waals surface area contributed by atoms with Crippen LogP contribution in [-0.4, -0.2) is 11.1 Å². The summed E-state index contributed by atoms with van der Waals surface area (Å²) in [5.41, 5.74) is 4.04. The smallest absolute Gasteiger partial charge is 0.0498 e. The molecule has 0 radical (unpaired) electrons. The van der Waals surface area contributed by atoms with Crippen LogP contribution in [0.15, 0.2) is 18.2 Å². The highest BCUT2D eigenvalue weighted by Crippen LogP contribution is 2.33. The van der Waals surface area contributed by atoms with Gasteiger partial charge in [-0.15, -0.1) is 0 Å². The zero-order chi connectivity index (χ0) is 12.0. The Labute approximate surface area is 107 Å². The minimum absolute atomic E-state index is 0.506. The van der Waals surface area contributed by atoms with E-state index in [1.165, 1.54) is 35.0 Å². The Morgan fingerprint density at radius 2 is 2.24 bits per heavy atom. The normalized spacial score (nSPS) is 20.3. The molecule has 1 N–H and O–H groups in total. The first-order valence-corrected chi connectivity index (χ1v) is 6.54. The van der Waals surface area contributed by atoms with Crippen LogP contribution in [0, 0.1) is 6.92 Å². The highest BCUT2D eigenvalue weighted by atomic mass is 35.5. The molecule has 17 heavy (non-hydrogen) atoms. The molecule has 1 aliphatic rings. The van der Waals surface area contributed by atoms with Crippen LogP contribution in [0.25, 0.3) is 10.9 Å². The molecule has 2 aromatic rings. The van der Waals surface area contributed by atoms with Gasteiger partial charge in [-0.05, 0) is 44.0 Å². The quantitative estimate of drug-likeness (QED) is 0.817. The van der Waals surface area contributed by atoms with E-state index in [0.717, 1.165) is 11.6 Å². The first-order chi connectivity index (χ1) is 8.18. The van der Waals surface area contributed by atoms with Crippen molar-refractivity contribution in [2.24, 2.45) is 7.05 Å². The van der Waals surface area contributed by atoms with Crippen molar-refractivity contribution in [3.05, 3.63) is 34.5 Å². The summed E-state index contributed by atoms with van der Waals surface area (Å²) >= 11 is 6.08. The monoisotopic (exact) mass is 248 g/mol. The van der Waals surface area contributed by atoms with Crippen molar-refractivity contribution in [2.45, 2.75) is 25.8 Å². The fourth-order valence-electron chi connectivity index (χ4n) is 3.03. The van der Waals surface area contributed by atoms with Crippen LogP contribution in [0.4, 0.5) is 0 Å². The van der Waals surface area contributed by atoms with Crippen LogP contribution in [0.2, 0.25) is 5.02 Å². The van der Waals surface area contributed by atoms with Gasteiger partial charge in [-0.1, -0.05) is 17.7 Å². The second kappa shape index (κ2) is 4.04. The van der Waals surface area contributed by atoms with E-state index in [1.807, 2.05) is 6.07 Å². The SMILES string of the molecule is Cc1c(C2CCCN2)n(C)c2cc(Cl)ccc12. The summed E-state index contributed by atoms with van der Waals surface area (Å²) in [6.07, 6.45) is 2.51. The molecular formula is C14H17ClN2. The van der Waals surface area contributed by atoms with E-state index < -0.39 is 0 Å². The Balaban J connectivity index is 2.24. The number of rotatable bonds is 1. The molecule has 3 heteroatoms. The predicted molar refractivity (Wildman–Crippen MR) is 72.6 cm³/mol. The van der Waals surface area contributed by atoms with Gasteiger partial charge in [-0.2, -0.15) is 0 Å². The number of hydrogen-bond acceptors (Lipinski definition) is 1. The lowest BCUT2D eigenvalue weighted by Gasteiger charge is -2.13. The van der Waals surface area contributed by atoms with Gasteiger partial charge in [0.1, 0.15) is 0 Å². The Morgan fingerprint density at radius 3 is 2.94 bits per heavy atom. The Bertz CT molecular complexity index is 565. The van der Waals surface area contributed by atoms with Gasteiger partial charge in [0.05, 0.1) is 0 Å². The van der Waals surface area contributed by atoms with E-state index in [2.05, 4.69) is 36.0 Å². The molecule has 0 bridgehead atoms. The number of nitrogens with zero attached hydrogens (tertiary/aromatic N) is 1. The molecule has 1 aromatic heterocycles. The van der Waals surface area contributed by atoms with Gasteiger partial charge in [0.25, 0.3) is 0 Å². The Kier molecular flexibility index (Phi) is 2.64. The zero-order valence-electron chi connectivity index (χ0n) is 10.3. The molecular weight excluding hydrogens is 232 g/mol. The largest absolute Gasteiger partial charge is 0.346 e. The molecule has 0 spiro atoms. The molecule has 2 heterocycles. The van der Waals surface area contributed by atoms with Crippen LogP contribution < -0.4 is 5.32 Å². The molecule has 1 unspecified atom stereocenters. The van der Waals surface area contributed by atoms with Crippen LogP contribution in [-0.2, 0) is 7.05 Å². The van der Waals surface area contributed by atoms with Crippen LogP contribution in [0.1, 0.15) is 30.1 Å². The zero-order valence-corrected chi connectivity index (χ0v) is 11.0. The van der Waals surface area contributed by atoms with Crippen molar-refractivity contribution in [1.29, 1.82) is 0 Å². The van der Waals surface area contributed by atoms with E-state index >= 15 is 0 Å². The fourth-order valence-corrected chi connectivity index (χ4v) is 3.20. The number of nitrogens with one attached hydrogen (secondary N) is 1. The molecule has 1 aliphatic heterocycles. The van der Waals surface area contributed by atoms with Crippen LogP contribution >= 0.6 is 11.6 Å². The summed E-state index contributed by atoms with van der Waals surface area (Å²) in [6, 6.07) is 6.67. The topological polar surface area (TPSA) is 17.0 Å². The van der Waals surface area contributed by atoms with Gasteiger partial charge in [0.15, 0.2) is 0 Å². The number of benzene rings is 1. The number of halogens is 1. The standard InChI is InChI=1S/C14H17ClN2/c1-9-11-6-5-10(15)8-13(11)17(2)14(9)12-4-3-7-16-12/h5-6,8,12,16H,3-4,7H2,1-2H3. The summed E-state index contributed by atoms with van der Waals surface area (Å²) in [7, 11) is 2.14. The lowest BCUT2D eigenvalue weighted by atomic mass is 10.1. The van der Waals surface area contributed by atoms with Crippen molar-refractivity contribution >= 4 is 22.5 Å². The van der Waals surface area contributed by atoms with Gasteiger partial charge in [-0.25, -0.2) is 0 Å². The summed E-state index contributed by atoms with van der Waals surface area (Å²) in [6.45, 7) is 3.35. The number of aryl methyl sites for hydroxylation is 2. The summed E-state index contributed by atoms with van der Waals surface area (Å²) < 4.78 is 2.29. The van der Waals surface area contributed by atoms with Crippen molar-refractivity contribution in [3.63, 3.8) is 0 Å². The molecule has 0 aliphatic carbocycles. The summed E-state index contributed by atoms with van der Waals surface area (Å²) in [4.78, 5) is 0. The molecule has 1 fully saturated rings. The van der Waals surface area contributed by atoms with Gasteiger partial charge >= 0.3 is 0 Å². The lowest BCUT2D eigenvalue weighted by Crippen LogP contribution is -2.16. The van der Waals surface area contributed by atoms with Crippen molar-refractivity contribution in [3.8, 4) is 0 Å². The molecule has 1 atom stereocenters. The van der Waals surface area contributed by atoms with E-state index in [1.54, 1.807) is 0 Å². The fraction of sp³-hybridized carbons (Fsp3) is 0.429. The second-order valence-electron chi connectivity index (χ2n) is 4.88. The van der Waals surface area contributed by atoms with Gasteiger partial charge in [-0.3, -0.25) is 0 Å². The maximum atomic E-state index is 6.08. The third kappa shape index (κ3) is 1.67. The molecule has 3 rings (SSSR count). The maximum Gasteiger partial charge on any atom is 0.0498 e. The van der Waals surface area contributed by atoms with E-state index in [-0.39, 0.29) is 0 Å². The van der Waals surface area contributed by atoms with E-state index in [9.17, 15) is 0 Å². The van der Waals surface area contributed by atoms with Gasteiger partial charge in [0.2, 0.25) is 0 Å². The number of aromatic nitrogens is 1. The minimum atomic E-state index is 0.506. The number of hydrogen-bond donors (Lipinski definition) is 1. The molecule has 1 saturated heterocycles. The highest BCUT2D eigenvalue weighted by molar-refractivity contribution is 6.31. The molecule has 0 saturated carbocycles. The maximum absolute atomic E-state index is 6.08. The third-order valence-corrected chi connectivity index (χ3v) is 4.10. The van der Waals surface area contributed by atoms with Crippen LogP contribution in [0.5, 0.6) is 0 Å². The lowest BCUT2D eigenvalue weighted by molar-refractivity contribution is 0.600. The summed E-state index contributed by atoms with van der Waals surface area (Å²) in [5, 5.41) is 5.71. The molecule has 1 aromatic carbocycles. The van der Waals surface area contributed by atoms with Crippen LogP contribution in [0.3, 0.4) is 0 Å². The van der Waals surface area contributed by atoms with Gasteiger partial charge in [0, 0.05) is 34.7 Å². The predicted octanol–water partition coefficient (Wildman–Crippen LogP) is 3.56. The average Bonchev–Trinajstić information content (AvgIpc) is 2.88. The Hall–Kier alpha value is -0.990. The first-order valence-electron chi connectivity index (χ1n) is 6.16. The molecule has 2 nitrogen and oxygen atoms in total. The Morgan fingerprint density at radius 1 is 1.41 bits per heavy atom. The van der Waals surface area contributed by atoms with Crippen molar-refractivity contribution in [2.75, 3.05) is 6.54 Å². The van der Waals surface area contributed by atoms with E-state index in [4.69, 9.17) is 11.6 Å². The summed E-state index contributed by atoms with van der Waals surface area (Å²) in [5.74, 6) is 0. The van der Waals surface area contributed by atoms with Gasteiger partial charge < -0.3 is 9.88 Å². The highest BCUT2D eigenvalue weighted by Gasteiger charge is 2.23. The van der Waals surface area contributed by atoms with Crippen molar-refractivity contribution < 1.29 is 0 Å². The van der Waals surface area contributed by atoms with E-state index in [0.29, 0.717) is 6.04 Å². The molecule has 0 amide bonds. The third-order valence-electron chi connectivity index (χ3n) is 3.86. The number of fused-ring (bicyclic) bond motifs is 1. The van der Waals surface area contributed by atoms with Crippen molar-refractivity contribution in [1.82, 2.24) is 9.88 Å². The average molecular weight is 249 g/mol. The first kappa shape index (κ1) is 11.1. The molecule has 90 valence electrons. The second-order valence-corrected chi connectivity index (χ2v) is 5.32. The minimum Gasteiger partial charge on any atom is -0.346 e.